The summed E-state index contributed by atoms with van der Waals surface area (Å²) in [6.45, 7) is 1.99. The average molecular weight is 391 g/mol. The monoisotopic (exact) mass is 391 g/mol. The van der Waals surface area contributed by atoms with Gasteiger partial charge in [-0.1, -0.05) is 30.3 Å². The van der Waals surface area contributed by atoms with E-state index in [1.54, 1.807) is 12.1 Å². The summed E-state index contributed by atoms with van der Waals surface area (Å²) in [5, 5.41) is 14.7. The number of fused-ring (bicyclic) bond motifs is 1. The predicted octanol–water partition coefficient (Wildman–Crippen LogP) is 4.03. The maximum absolute atomic E-state index is 13.1. The van der Waals surface area contributed by atoms with Crippen LogP contribution in [0.25, 0.3) is 21.3 Å². The summed E-state index contributed by atoms with van der Waals surface area (Å²) in [6, 6.07) is 14.7. The van der Waals surface area contributed by atoms with Crippen molar-refractivity contribution in [2.75, 3.05) is 7.11 Å². The molecule has 2 aromatic heterocycles. The highest BCUT2D eigenvalue weighted by Gasteiger charge is 2.16. The van der Waals surface area contributed by atoms with E-state index in [-0.39, 0.29) is 11.3 Å². The Morgan fingerprint density at radius 1 is 1.21 bits per heavy atom. The Balaban J connectivity index is 1.80. The fourth-order valence-corrected chi connectivity index (χ4v) is 4.05. The minimum absolute atomic E-state index is 0.00666. The van der Waals surface area contributed by atoms with Gasteiger partial charge in [0.25, 0.3) is 5.56 Å². The number of phenols is 1. The molecule has 7 heteroatoms. The summed E-state index contributed by atoms with van der Waals surface area (Å²) in [5.74, 6) is 0.380. The SMILES string of the molecule is COc1ccc(/C=N\n2cnc3sc(C)c(-c4ccccc4)c3c2=O)cc1O. The molecule has 0 aliphatic heterocycles. The van der Waals surface area contributed by atoms with Crippen LogP contribution < -0.4 is 10.3 Å². The Morgan fingerprint density at radius 3 is 2.71 bits per heavy atom. The van der Waals surface area contributed by atoms with Gasteiger partial charge in [0.05, 0.1) is 18.7 Å². The molecule has 0 radical (unpaired) electrons. The Hall–Kier alpha value is -3.45. The average Bonchev–Trinajstić information content (AvgIpc) is 3.05. The zero-order chi connectivity index (χ0) is 19.7. The number of benzene rings is 2. The number of nitrogens with zero attached hydrogens (tertiary/aromatic N) is 3. The number of rotatable bonds is 4. The molecule has 0 saturated heterocycles. The number of aromatic hydroxyl groups is 1. The van der Waals surface area contributed by atoms with Crippen LogP contribution in [0.1, 0.15) is 10.4 Å². The molecule has 28 heavy (non-hydrogen) atoms. The highest BCUT2D eigenvalue weighted by atomic mass is 32.1. The molecule has 140 valence electrons. The number of aromatic nitrogens is 2. The molecule has 0 amide bonds. The van der Waals surface area contributed by atoms with E-state index < -0.39 is 0 Å². The second-order valence-electron chi connectivity index (χ2n) is 6.15. The van der Waals surface area contributed by atoms with Crippen LogP contribution in [0.3, 0.4) is 0 Å². The first-order valence-electron chi connectivity index (χ1n) is 8.56. The molecule has 2 aromatic carbocycles. The second-order valence-corrected chi connectivity index (χ2v) is 7.35. The van der Waals surface area contributed by atoms with E-state index in [0.717, 1.165) is 16.0 Å². The number of thiophene rings is 1. The third-order valence-corrected chi connectivity index (χ3v) is 5.38. The number of methoxy groups -OCH3 is 1. The molecule has 0 fully saturated rings. The van der Waals surface area contributed by atoms with Crippen molar-refractivity contribution in [2.45, 2.75) is 6.92 Å². The van der Waals surface area contributed by atoms with Crippen molar-refractivity contribution < 1.29 is 9.84 Å². The molecule has 1 N–H and O–H groups in total. The predicted molar refractivity (Wildman–Crippen MR) is 112 cm³/mol. The van der Waals surface area contributed by atoms with Crippen molar-refractivity contribution in [1.82, 2.24) is 9.66 Å². The molecule has 0 spiro atoms. The molecule has 0 unspecified atom stereocenters. The van der Waals surface area contributed by atoms with Gasteiger partial charge in [0, 0.05) is 10.4 Å². The fraction of sp³-hybridized carbons (Fsp3) is 0.0952. The van der Waals surface area contributed by atoms with Crippen LogP contribution in [0.15, 0.2) is 64.8 Å². The summed E-state index contributed by atoms with van der Waals surface area (Å²) in [7, 11) is 1.48. The third-order valence-electron chi connectivity index (χ3n) is 4.37. The van der Waals surface area contributed by atoms with Crippen molar-refractivity contribution >= 4 is 27.8 Å². The smallest absolute Gasteiger partial charge is 0.283 e. The first kappa shape index (κ1) is 17.9. The largest absolute Gasteiger partial charge is 0.504 e. The van der Waals surface area contributed by atoms with Gasteiger partial charge in [-0.25, -0.2) is 4.98 Å². The number of hydrogen-bond acceptors (Lipinski definition) is 6. The van der Waals surface area contributed by atoms with E-state index in [9.17, 15) is 9.90 Å². The Bertz CT molecular complexity index is 1240. The minimum atomic E-state index is -0.234. The van der Waals surface area contributed by atoms with E-state index in [4.69, 9.17) is 4.74 Å². The Morgan fingerprint density at radius 2 is 2.00 bits per heavy atom. The third kappa shape index (κ3) is 3.16. The summed E-state index contributed by atoms with van der Waals surface area (Å²) in [5.41, 5.74) is 2.27. The van der Waals surface area contributed by atoms with Gasteiger partial charge in [-0.15, -0.1) is 11.3 Å². The van der Waals surface area contributed by atoms with Gasteiger partial charge in [-0.3, -0.25) is 4.79 Å². The molecule has 4 aromatic rings. The van der Waals surface area contributed by atoms with E-state index in [2.05, 4.69) is 10.1 Å². The molecule has 2 heterocycles. The number of ether oxygens (including phenoxy) is 1. The van der Waals surface area contributed by atoms with Gasteiger partial charge >= 0.3 is 0 Å². The van der Waals surface area contributed by atoms with Crippen LogP contribution in [0.5, 0.6) is 11.5 Å². The van der Waals surface area contributed by atoms with Crippen molar-refractivity contribution in [2.24, 2.45) is 5.10 Å². The first-order chi connectivity index (χ1) is 13.6. The van der Waals surface area contributed by atoms with Crippen LogP contribution in [0.2, 0.25) is 0 Å². The zero-order valence-corrected chi connectivity index (χ0v) is 16.1. The highest BCUT2D eigenvalue weighted by Crippen LogP contribution is 2.35. The molecular formula is C21H17N3O3S. The lowest BCUT2D eigenvalue weighted by Crippen LogP contribution is -2.16. The number of phenolic OH excluding ortho intramolecular Hbond substituents is 1. The molecule has 0 atom stereocenters. The highest BCUT2D eigenvalue weighted by molar-refractivity contribution is 7.19. The summed E-state index contributed by atoms with van der Waals surface area (Å²) in [6.07, 6.45) is 2.91. The van der Waals surface area contributed by atoms with Crippen LogP contribution in [0.4, 0.5) is 0 Å². The lowest BCUT2D eigenvalue weighted by atomic mass is 10.0. The summed E-state index contributed by atoms with van der Waals surface area (Å²) >= 11 is 1.49. The van der Waals surface area contributed by atoms with Crippen LogP contribution in [-0.4, -0.2) is 28.1 Å². The maximum atomic E-state index is 13.1. The van der Waals surface area contributed by atoms with E-state index in [0.29, 0.717) is 21.5 Å². The van der Waals surface area contributed by atoms with E-state index in [1.807, 2.05) is 37.3 Å². The van der Waals surface area contributed by atoms with Crippen molar-refractivity contribution in [3.05, 3.63) is 75.7 Å². The summed E-state index contributed by atoms with van der Waals surface area (Å²) < 4.78 is 6.24. The molecule has 0 bridgehead atoms. The van der Waals surface area contributed by atoms with Gasteiger partial charge in [0.2, 0.25) is 0 Å². The standard InChI is InChI=1S/C21H17N3O3S/c1-13-18(15-6-4-3-5-7-15)19-20(28-13)22-12-24(21(19)26)23-11-14-8-9-17(27-2)16(25)10-14/h3-12,25H,1-2H3/b23-11-. The fourth-order valence-electron chi connectivity index (χ4n) is 3.04. The molecule has 0 aliphatic carbocycles. The van der Waals surface area contributed by atoms with Gasteiger partial charge in [0.15, 0.2) is 11.5 Å². The Kier molecular flexibility index (Phi) is 4.67. The quantitative estimate of drug-likeness (QED) is 0.533. The zero-order valence-electron chi connectivity index (χ0n) is 15.3. The maximum Gasteiger partial charge on any atom is 0.283 e. The van der Waals surface area contributed by atoms with Crippen molar-refractivity contribution in [3.8, 4) is 22.6 Å². The van der Waals surface area contributed by atoms with Crippen molar-refractivity contribution in [1.29, 1.82) is 0 Å². The van der Waals surface area contributed by atoms with Gasteiger partial charge < -0.3 is 9.84 Å². The molecule has 0 aliphatic rings. The summed E-state index contributed by atoms with van der Waals surface area (Å²) in [4.78, 5) is 19.2. The van der Waals surface area contributed by atoms with Gasteiger partial charge in [-0.05, 0) is 36.2 Å². The minimum Gasteiger partial charge on any atom is -0.504 e. The number of aryl methyl sites for hydroxylation is 1. The van der Waals surface area contributed by atoms with E-state index >= 15 is 0 Å². The molecular weight excluding hydrogens is 374 g/mol. The molecule has 6 nitrogen and oxygen atoms in total. The second kappa shape index (κ2) is 7.28. The first-order valence-corrected chi connectivity index (χ1v) is 9.37. The van der Waals surface area contributed by atoms with Crippen molar-refractivity contribution in [3.63, 3.8) is 0 Å². The van der Waals surface area contributed by atoms with E-state index in [1.165, 1.54) is 41.7 Å². The topological polar surface area (TPSA) is 76.7 Å². The van der Waals surface area contributed by atoms with Gasteiger partial charge in [-0.2, -0.15) is 9.78 Å². The molecule has 4 rings (SSSR count). The normalized spacial score (nSPS) is 11.4. The molecule has 0 saturated carbocycles. The number of hydrogen-bond donors (Lipinski definition) is 1. The van der Waals surface area contributed by atoms with Gasteiger partial charge in [0.1, 0.15) is 11.2 Å². The van der Waals surface area contributed by atoms with Crippen LogP contribution in [0, 0.1) is 6.92 Å². The lowest BCUT2D eigenvalue weighted by molar-refractivity contribution is 0.373. The Labute approximate surface area is 165 Å². The van der Waals surface area contributed by atoms with Crippen LogP contribution >= 0.6 is 11.3 Å². The lowest BCUT2D eigenvalue weighted by Gasteiger charge is -2.04. The van der Waals surface area contributed by atoms with Crippen LogP contribution in [-0.2, 0) is 0 Å².